The van der Waals surface area contributed by atoms with Crippen LogP contribution in [0.5, 0.6) is 0 Å². The van der Waals surface area contributed by atoms with Crippen LogP contribution in [-0.4, -0.2) is 23.5 Å². The van der Waals surface area contributed by atoms with E-state index in [0.717, 1.165) is 0 Å². The van der Waals surface area contributed by atoms with Gasteiger partial charge in [-0.15, -0.1) is 11.6 Å². The average molecular weight is 245 g/mol. The summed E-state index contributed by atoms with van der Waals surface area (Å²) in [5, 5.41) is 12.8. The zero-order valence-electron chi connectivity index (χ0n) is 8.18. The van der Waals surface area contributed by atoms with Crippen molar-refractivity contribution in [3.63, 3.8) is 0 Å². The quantitative estimate of drug-likeness (QED) is 0.501. The van der Waals surface area contributed by atoms with Crippen molar-refractivity contribution in [3.8, 4) is 0 Å². The molecule has 0 bridgehead atoms. The number of hydrogen-bond acceptors (Lipinski definition) is 4. The molecule has 1 aromatic rings. The van der Waals surface area contributed by atoms with E-state index in [0.29, 0.717) is 5.69 Å². The van der Waals surface area contributed by atoms with Crippen LogP contribution < -0.4 is 5.32 Å². The lowest BCUT2D eigenvalue weighted by Gasteiger charge is -2.04. The normalized spacial score (nSPS) is 9.56. The summed E-state index contributed by atoms with van der Waals surface area (Å²) in [4.78, 5) is 21.0. The molecule has 1 aromatic carbocycles. The number of amides is 1. The van der Waals surface area contributed by atoms with Gasteiger partial charge < -0.3 is 4.74 Å². The number of carbonyl (C=O) groups excluding carboxylic acids is 1. The molecule has 1 amide bonds. The molecule has 0 aliphatic carbocycles. The highest BCUT2D eigenvalue weighted by Gasteiger charge is 2.08. The van der Waals surface area contributed by atoms with Crippen LogP contribution in [0.4, 0.5) is 16.2 Å². The highest BCUT2D eigenvalue weighted by molar-refractivity contribution is 6.18. The number of carbonyl (C=O) groups is 1. The number of alkyl halides is 1. The SMILES string of the molecule is O=C(Nc1cccc([N+](=O)[O-])c1)OCCCl. The van der Waals surface area contributed by atoms with Crippen LogP contribution in [0.1, 0.15) is 0 Å². The summed E-state index contributed by atoms with van der Waals surface area (Å²) in [6, 6.07) is 5.56. The number of nitrogens with zero attached hydrogens (tertiary/aromatic N) is 1. The minimum Gasteiger partial charge on any atom is -0.448 e. The molecule has 0 fully saturated rings. The Morgan fingerprint density at radius 2 is 2.31 bits per heavy atom. The zero-order valence-corrected chi connectivity index (χ0v) is 8.94. The molecule has 0 saturated carbocycles. The molecule has 7 heteroatoms. The van der Waals surface area contributed by atoms with Gasteiger partial charge in [-0.3, -0.25) is 15.4 Å². The highest BCUT2D eigenvalue weighted by Crippen LogP contribution is 2.16. The van der Waals surface area contributed by atoms with E-state index in [1.165, 1.54) is 24.3 Å². The first-order chi connectivity index (χ1) is 7.63. The number of nitro groups is 1. The maximum atomic E-state index is 11.1. The van der Waals surface area contributed by atoms with E-state index in [1.54, 1.807) is 0 Å². The molecule has 0 radical (unpaired) electrons. The Balaban J connectivity index is 2.63. The summed E-state index contributed by atoms with van der Waals surface area (Å²) in [6.45, 7) is 0.0856. The van der Waals surface area contributed by atoms with E-state index in [4.69, 9.17) is 11.6 Å². The first-order valence-corrected chi connectivity index (χ1v) is 4.91. The molecular formula is C9H9ClN2O4. The molecule has 6 nitrogen and oxygen atoms in total. The third kappa shape index (κ3) is 3.74. The Bertz CT molecular complexity index is 397. The van der Waals surface area contributed by atoms with Gasteiger partial charge in [0.15, 0.2) is 0 Å². The summed E-state index contributed by atoms with van der Waals surface area (Å²) in [7, 11) is 0. The van der Waals surface area contributed by atoms with Gasteiger partial charge in [-0.25, -0.2) is 4.79 Å². The molecule has 0 aromatic heterocycles. The molecule has 1 N–H and O–H groups in total. The molecule has 16 heavy (non-hydrogen) atoms. The van der Waals surface area contributed by atoms with E-state index in [1.807, 2.05) is 0 Å². The van der Waals surface area contributed by atoms with E-state index in [-0.39, 0.29) is 18.2 Å². The molecule has 86 valence electrons. The second-order valence-electron chi connectivity index (χ2n) is 2.76. The second kappa shape index (κ2) is 5.92. The minimum atomic E-state index is -0.693. The molecule has 0 spiro atoms. The minimum absolute atomic E-state index is 0.0856. The fourth-order valence-corrected chi connectivity index (χ4v) is 1.06. The summed E-state index contributed by atoms with van der Waals surface area (Å²) in [5.41, 5.74) is 0.198. The monoisotopic (exact) mass is 244 g/mol. The largest absolute Gasteiger partial charge is 0.448 e. The van der Waals surface area contributed by atoms with E-state index in [9.17, 15) is 14.9 Å². The second-order valence-corrected chi connectivity index (χ2v) is 3.14. The smallest absolute Gasteiger partial charge is 0.411 e. The van der Waals surface area contributed by atoms with Crippen LogP contribution in [0.15, 0.2) is 24.3 Å². The maximum Gasteiger partial charge on any atom is 0.411 e. The Kier molecular flexibility index (Phi) is 4.53. The first-order valence-electron chi connectivity index (χ1n) is 4.37. The number of hydrogen-bond donors (Lipinski definition) is 1. The Morgan fingerprint density at radius 3 is 2.94 bits per heavy atom. The number of ether oxygens (including phenoxy) is 1. The third-order valence-corrected chi connectivity index (χ3v) is 1.77. The molecule has 0 aliphatic rings. The number of nitro benzene ring substituents is 1. The predicted molar refractivity (Wildman–Crippen MR) is 58.8 cm³/mol. The molecule has 0 saturated heterocycles. The van der Waals surface area contributed by atoms with Crippen molar-refractivity contribution in [3.05, 3.63) is 34.4 Å². The fourth-order valence-electron chi connectivity index (χ4n) is 0.982. The first kappa shape index (κ1) is 12.3. The van der Waals surface area contributed by atoms with Gasteiger partial charge in [-0.05, 0) is 6.07 Å². The molecule has 0 unspecified atom stereocenters. The summed E-state index contributed by atoms with van der Waals surface area (Å²) < 4.78 is 4.64. The summed E-state index contributed by atoms with van der Waals surface area (Å²) in [6.07, 6.45) is -0.693. The highest BCUT2D eigenvalue weighted by atomic mass is 35.5. The van der Waals surface area contributed by atoms with Crippen molar-refractivity contribution in [2.75, 3.05) is 17.8 Å². The van der Waals surface area contributed by atoms with Crippen molar-refractivity contribution in [2.24, 2.45) is 0 Å². The lowest BCUT2D eigenvalue weighted by Crippen LogP contribution is -2.14. The Morgan fingerprint density at radius 1 is 1.56 bits per heavy atom. The number of nitrogens with one attached hydrogen (secondary N) is 1. The van der Waals surface area contributed by atoms with Crippen LogP contribution >= 0.6 is 11.6 Å². The third-order valence-electron chi connectivity index (χ3n) is 1.61. The van der Waals surface area contributed by atoms with Gasteiger partial charge in [0.2, 0.25) is 0 Å². The van der Waals surface area contributed by atoms with Gasteiger partial charge in [-0.2, -0.15) is 0 Å². The van der Waals surface area contributed by atoms with Gasteiger partial charge in [0.1, 0.15) is 6.61 Å². The maximum absolute atomic E-state index is 11.1. The van der Waals surface area contributed by atoms with Crippen molar-refractivity contribution in [2.45, 2.75) is 0 Å². The van der Waals surface area contributed by atoms with Gasteiger partial charge in [0.25, 0.3) is 5.69 Å². The van der Waals surface area contributed by atoms with Crippen LogP contribution in [-0.2, 0) is 4.74 Å². The number of anilines is 1. The summed E-state index contributed by atoms with van der Waals surface area (Å²) >= 11 is 5.32. The predicted octanol–water partition coefficient (Wildman–Crippen LogP) is 2.38. The van der Waals surface area contributed by atoms with E-state index in [2.05, 4.69) is 10.1 Å². The number of benzene rings is 1. The number of halogens is 1. The molecule has 0 aliphatic heterocycles. The van der Waals surface area contributed by atoms with Crippen LogP contribution in [0.2, 0.25) is 0 Å². The van der Waals surface area contributed by atoms with Crippen LogP contribution in [0.3, 0.4) is 0 Å². The van der Waals surface area contributed by atoms with Crippen molar-refractivity contribution >= 4 is 29.1 Å². The van der Waals surface area contributed by atoms with E-state index < -0.39 is 11.0 Å². The molecule has 0 atom stereocenters. The Hall–Kier alpha value is -1.82. The van der Waals surface area contributed by atoms with Crippen molar-refractivity contribution in [1.29, 1.82) is 0 Å². The molecule has 0 heterocycles. The van der Waals surface area contributed by atoms with Crippen LogP contribution in [0, 0.1) is 10.1 Å². The molecular weight excluding hydrogens is 236 g/mol. The van der Waals surface area contributed by atoms with Crippen molar-refractivity contribution < 1.29 is 14.5 Å². The molecule has 1 rings (SSSR count). The lowest BCUT2D eigenvalue weighted by atomic mass is 10.3. The number of non-ortho nitro benzene ring substituents is 1. The summed E-state index contributed by atoms with van der Waals surface area (Å²) in [5.74, 6) is 0.197. The van der Waals surface area contributed by atoms with E-state index >= 15 is 0 Å². The lowest BCUT2D eigenvalue weighted by molar-refractivity contribution is -0.384. The van der Waals surface area contributed by atoms with Gasteiger partial charge >= 0.3 is 6.09 Å². The van der Waals surface area contributed by atoms with Crippen LogP contribution in [0.25, 0.3) is 0 Å². The standard InChI is InChI=1S/C9H9ClN2O4/c10-4-5-16-9(13)11-7-2-1-3-8(6-7)12(14)15/h1-3,6H,4-5H2,(H,11,13). The van der Waals surface area contributed by atoms with Crippen molar-refractivity contribution in [1.82, 2.24) is 0 Å². The zero-order chi connectivity index (χ0) is 12.0. The van der Waals surface area contributed by atoms with Gasteiger partial charge in [0, 0.05) is 12.1 Å². The Labute approximate surface area is 96.3 Å². The average Bonchev–Trinajstić information content (AvgIpc) is 2.26. The number of rotatable bonds is 4. The van der Waals surface area contributed by atoms with Gasteiger partial charge in [0.05, 0.1) is 16.5 Å². The fraction of sp³-hybridized carbons (Fsp3) is 0.222. The van der Waals surface area contributed by atoms with Gasteiger partial charge in [-0.1, -0.05) is 6.07 Å². The topological polar surface area (TPSA) is 81.5 Å².